The normalized spacial score (nSPS) is 12.0. The van der Waals surface area contributed by atoms with Crippen LogP contribution in [0.15, 0.2) is 53.7 Å². The molecule has 1 N–H and O–H groups in total. The number of carbonyl (C=O) groups is 1. The van der Waals surface area contributed by atoms with Crippen molar-refractivity contribution in [2.75, 3.05) is 34.0 Å². The van der Waals surface area contributed by atoms with Gasteiger partial charge < -0.3 is 14.8 Å². The molecule has 1 amide bonds. The standard InChI is InChI=1S/C24H30N4O3S/c1-17-5-9-20(10-6-17)22-26-27-24(28(22)18(2)15-31-4)32-16-19-7-11-21(12-8-19)23(29)25-13-14-30-3/h5-12,18H,13-16H2,1-4H3,(H,25,29). The van der Waals surface area contributed by atoms with Crippen molar-refractivity contribution >= 4 is 17.7 Å². The molecule has 170 valence electrons. The highest BCUT2D eigenvalue weighted by Gasteiger charge is 2.19. The first-order chi connectivity index (χ1) is 15.5. The minimum absolute atomic E-state index is 0.0898. The fraction of sp³-hybridized carbons (Fsp3) is 0.375. The Hall–Kier alpha value is -2.68. The van der Waals surface area contributed by atoms with E-state index >= 15 is 0 Å². The van der Waals surface area contributed by atoms with E-state index in [1.807, 2.05) is 24.3 Å². The highest BCUT2D eigenvalue weighted by Crippen LogP contribution is 2.30. The van der Waals surface area contributed by atoms with E-state index in [0.29, 0.717) is 25.3 Å². The third-order valence-corrected chi connectivity index (χ3v) is 6.01. The number of thioether (sulfide) groups is 1. The van der Waals surface area contributed by atoms with Crippen LogP contribution in [0.25, 0.3) is 11.4 Å². The second-order valence-corrected chi connectivity index (χ2v) is 8.52. The Morgan fingerprint density at radius 3 is 2.44 bits per heavy atom. The van der Waals surface area contributed by atoms with E-state index in [2.05, 4.69) is 58.2 Å². The number of ether oxygens (including phenoxy) is 2. The van der Waals surface area contributed by atoms with Crippen molar-refractivity contribution in [2.45, 2.75) is 30.8 Å². The van der Waals surface area contributed by atoms with E-state index in [-0.39, 0.29) is 11.9 Å². The Morgan fingerprint density at radius 2 is 1.78 bits per heavy atom. The van der Waals surface area contributed by atoms with Crippen molar-refractivity contribution in [3.8, 4) is 11.4 Å². The molecule has 1 heterocycles. The number of nitrogens with one attached hydrogen (secondary N) is 1. The van der Waals surface area contributed by atoms with Gasteiger partial charge in [-0.25, -0.2) is 0 Å². The third kappa shape index (κ3) is 6.18. The van der Waals surface area contributed by atoms with Gasteiger partial charge in [0.2, 0.25) is 0 Å². The maximum atomic E-state index is 12.1. The molecule has 2 aromatic carbocycles. The van der Waals surface area contributed by atoms with Crippen LogP contribution in [0, 0.1) is 6.92 Å². The fourth-order valence-corrected chi connectivity index (χ4v) is 4.25. The topological polar surface area (TPSA) is 78.3 Å². The summed E-state index contributed by atoms with van der Waals surface area (Å²) in [5.41, 5.74) is 3.97. The molecule has 0 radical (unpaired) electrons. The summed E-state index contributed by atoms with van der Waals surface area (Å²) in [4.78, 5) is 12.1. The molecule has 8 heteroatoms. The number of hydrogen-bond acceptors (Lipinski definition) is 6. The number of aryl methyl sites for hydroxylation is 1. The van der Waals surface area contributed by atoms with E-state index < -0.39 is 0 Å². The molecule has 0 bridgehead atoms. The van der Waals surface area contributed by atoms with Gasteiger partial charge in [0, 0.05) is 37.6 Å². The average Bonchev–Trinajstić information content (AvgIpc) is 3.23. The summed E-state index contributed by atoms with van der Waals surface area (Å²) in [6, 6.07) is 16.0. The van der Waals surface area contributed by atoms with Gasteiger partial charge in [0.15, 0.2) is 11.0 Å². The van der Waals surface area contributed by atoms with Crippen molar-refractivity contribution in [3.05, 3.63) is 65.2 Å². The molecule has 0 saturated heterocycles. The minimum atomic E-state index is -0.0999. The van der Waals surface area contributed by atoms with Crippen LogP contribution < -0.4 is 5.32 Å². The first kappa shape index (κ1) is 24.0. The molecule has 3 rings (SSSR count). The van der Waals surface area contributed by atoms with E-state index in [0.717, 1.165) is 27.9 Å². The molecular weight excluding hydrogens is 424 g/mol. The second-order valence-electron chi connectivity index (χ2n) is 7.58. The molecular formula is C24H30N4O3S. The van der Waals surface area contributed by atoms with Crippen LogP contribution in [0.4, 0.5) is 0 Å². The number of rotatable bonds is 11. The molecule has 0 aliphatic rings. The number of aromatic nitrogens is 3. The van der Waals surface area contributed by atoms with Crippen molar-refractivity contribution < 1.29 is 14.3 Å². The van der Waals surface area contributed by atoms with E-state index in [4.69, 9.17) is 9.47 Å². The summed E-state index contributed by atoms with van der Waals surface area (Å²) in [5.74, 6) is 1.45. The average molecular weight is 455 g/mol. The zero-order valence-corrected chi connectivity index (χ0v) is 19.8. The highest BCUT2D eigenvalue weighted by molar-refractivity contribution is 7.98. The van der Waals surface area contributed by atoms with E-state index in [1.165, 1.54) is 5.56 Å². The van der Waals surface area contributed by atoms with Gasteiger partial charge in [-0.1, -0.05) is 53.7 Å². The van der Waals surface area contributed by atoms with Crippen LogP contribution in [0.3, 0.4) is 0 Å². The lowest BCUT2D eigenvalue weighted by Gasteiger charge is -2.17. The van der Waals surface area contributed by atoms with E-state index in [1.54, 1.807) is 26.0 Å². The van der Waals surface area contributed by atoms with Gasteiger partial charge in [0.05, 0.1) is 19.3 Å². The van der Waals surface area contributed by atoms with Crippen LogP contribution in [-0.4, -0.2) is 54.6 Å². The summed E-state index contributed by atoms with van der Waals surface area (Å²) >= 11 is 1.62. The zero-order valence-electron chi connectivity index (χ0n) is 19.0. The summed E-state index contributed by atoms with van der Waals surface area (Å²) in [7, 11) is 3.31. The maximum absolute atomic E-state index is 12.1. The Bertz CT molecular complexity index is 1000. The van der Waals surface area contributed by atoms with Gasteiger partial charge >= 0.3 is 0 Å². The van der Waals surface area contributed by atoms with Gasteiger partial charge in [0.25, 0.3) is 5.91 Å². The Kier molecular flexibility index (Phi) is 8.84. The number of methoxy groups -OCH3 is 2. The number of hydrogen-bond donors (Lipinski definition) is 1. The molecule has 7 nitrogen and oxygen atoms in total. The molecule has 0 aliphatic carbocycles. The number of nitrogens with zero attached hydrogens (tertiary/aromatic N) is 3. The largest absolute Gasteiger partial charge is 0.383 e. The van der Waals surface area contributed by atoms with Crippen LogP contribution >= 0.6 is 11.8 Å². The lowest BCUT2D eigenvalue weighted by Crippen LogP contribution is -2.26. The summed E-state index contributed by atoms with van der Waals surface area (Å²) < 4.78 is 12.5. The van der Waals surface area contributed by atoms with Gasteiger partial charge in [-0.15, -0.1) is 10.2 Å². The molecule has 3 aromatic rings. The molecule has 0 fully saturated rings. The van der Waals surface area contributed by atoms with Crippen molar-refractivity contribution in [1.82, 2.24) is 20.1 Å². The number of carbonyl (C=O) groups excluding carboxylic acids is 1. The summed E-state index contributed by atoms with van der Waals surface area (Å²) in [6.45, 7) is 5.72. The highest BCUT2D eigenvalue weighted by atomic mass is 32.2. The summed E-state index contributed by atoms with van der Waals surface area (Å²) in [5, 5.41) is 12.6. The van der Waals surface area contributed by atoms with Crippen molar-refractivity contribution in [1.29, 1.82) is 0 Å². The first-order valence-corrected chi connectivity index (χ1v) is 11.5. The maximum Gasteiger partial charge on any atom is 0.251 e. The van der Waals surface area contributed by atoms with Crippen LogP contribution in [0.1, 0.15) is 34.5 Å². The van der Waals surface area contributed by atoms with Crippen LogP contribution in [0.2, 0.25) is 0 Å². The van der Waals surface area contributed by atoms with Gasteiger partial charge in [0.1, 0.15) is 0 Å². The Balaban J connectivity index is 1.73. The Labute approximate surface area is 193 Å². The predicted molar refractivity (Wildman–Crippen MR) is 127 cm³/mol. The molecule has 1 atom stereocenters. The molecule has 0 aliphatic heterocycles. The predicted octanol–water partition coefficient (Wildman–Crippen LogP) is 4.13. The van der Waals surface area contributed by atoms with Crippen LogP contribution in [0.5, 0.6) is 0 Å². The van der Waals surface area contributed by atoms with Crippen molar-refractivity contribution in [3.63, 3.8) is 0 Å². The lowest BCUT2D eigenvalue weighted by atomic mass is 10.1. The summed E-state index contributed by atoms with van der Waals surface area (Å²) in [6.07, 6.45) is 0. The zero-order chi connectivity index (χ0) is 22.9. The monoisotopic (exact) mass is 454 g/mol. The number of amides is 1. The fourth-order valence-electron chi connectivity index (χ4n) is 3.26. The lowest BCUT2D eigenvalue weighted by molar-refractivity contribution is 0.0937. The molecule has 32 heavy (non-hydrogen) atoms. The van der Waals surface area contributed by atoms with Gasteiger partial charge in [-0.2, -0.15) is 0 Å². The molecule has 1 unspecified atom stereocenters. The first-order valence-electron chi connectivity index (χ1n) is 10.5. The van der Waals surface area contributed by atoms with E-state index in [9.17, 15) is 4.79 Å². The number of benzene rings is 2. The smallest absolute Gasteiger partial charge is 0.251 e. The van der Waals surface area contributed by atoms with Gasteiger partial charge in [-0.3, -0.25) is 9.36 Å². The quantitative estimate of drug-likeness (QED) is 0.347. The Morgan fingerprint density at radius 1 is 1.06 bits per heavy atom. The second kappa shape index (κ2) is 11.8. The molecule has 0 saturated carbocycles. The van der Waals surface area contributed by atoms with Crippen molar-refractivity contribution in [2.24, 2.45) is 0 Å². The van der Waals surface area contributed by atoms with Crippen LogP contribution in [-0.2, 0) is 15.2 Å². The molecule has 1 aromatic heterocycles. The SMILES string of the molecule is COCCNC(=O)c1ccc(CSc2nnc(-c3ccc(C)cc3)n2C(C)COC)cc1. The minimum Gasteiger partial charge on any atom is -0.383 e. The van der Waals surface area contributed by atoms with Gasteiger partial charge in [-0.05, 0) is 31.5 Å². The molecule has 0 spiro atoms. The third-order valence-electron chi connectivity index (χ3n) is 5.00.